The van der Waals surface area contributed by atoms with Crippen LogP contribution in [0.25, 0.3) is 0 Å². The first-order valence-electron chi connectivity index (χ1n) is 4.77. The molecule has 0 radical (unpaired) electrons. The Morgan fingerprint density at radius 2 is 1.29 bits per heavy atom. The van der Waals surface area contributed by atoms with Crippen LogP contribution in [0, 0.1) is 5.41 Å². The molecule has 0 rings (SSSR count). The highest BCUT2D eigenvalue weighted by Gasteiger charge is 2.20. The first kappa shape index (κ1) is 13.2. The molecule has 0 aliphatic carbocycles. The third-order valence-corrected chi connectivity index (χ3v) is 1.95. The summed E-state index contributed by atoms with van der Waals surface area (Å²) in [6.07, 6.45) is 0. The largest absolute Gasteiger partial charge is 0.350 e. The summed E-state index contributed by atoms with van der Waals surface area (Å²) in [4.78, 5) is 0. The minimum Gasteiger partial charge on any atom is -0.350 e. The maximum atomic E-state index is 7.67. The lowest BCUT2D eigenvalue weighted by molar-refractivity contribution is 0.426. The van der Waals surface area contributed by atoms with Crippen molar-refractivity contribution in [2.75, 3.05) is 13.1 Å². The Bertz CT molecular complexity index is 177. The van der Waals surface area contributed by atoms with Crippen molar-refractivity contribution in [3.05, 3.63) is 0 Å². The van der Waals surface area contributed by atoms with Gasteiger partial charge < -0.3 is 22.1 Å². The molecular formula is C9H23N5. The molecule has 0 spiro atoms. The molecule has 0 saturated heterocycles. The maximum Gasteiger partial charge on any atom is 0.189 e. The van der Waals surface area contributed by atoms with Crippen LogP contribution in [-0.2, 0) is 0 Å². The van der Waals surface area contributed by atoms with E-state index in [4.69, 9.17) is 16.9 Å². The summed E-state index contributed by atoms with van der Waals surface area (Å²) in [5.74, 6) is 0.260. The van der Waals surface area contributed by atoms with Gasteiger partial charge in [0.05, 0.1) is 0 Å². The Hall–Kier alpha value is -0.810. The molecule has 0 heterocycles. The number of guanidine groups is 1. The molecular weight excluding hydrogens is 178 g/mol. The minimum absolute atomic E-state index is 0.260. The van der Waals surface area contributed by atoms with Crippen LogP contribution in [-0.4, -0.2) is 30.1 Å². The summed E-state index contributed by atoms with van der Waals surface area (Å²) < 4.78 is 0. The molecule has 0 saturated carbocycles. The van der Waals surface area contributed by atoms with Gasteiger partial charge in [0.2, 0.25) is 0 Å². The van der Waals surface area contributed by atoms with E-state index in [0.29, 0.717) is 13.1 Å². The van der Waals surface area contributed by atoms with Gasteiger partial charge in [-0.1, -0.05) is 0 Å². The molecule has 0 amide bonds. The van der Waals surface area contributed by atoms with E-state index < -0.39 is 0 Å². The van der Waals surface area contributed by atoms with Gasteiger partial charge in [-0.25, -0.2) is 0 Å². The van der Waals surface area contributed by atoms with E-state index in [9.17, 15) is 0 Å². The molecule has 0 fully saturated rings. The van der Waals surface area contributed by atoms with Crippen LogP contribution in [0.2, 0.25) is 0 Å². The molecule has 14 heavy (non-hydrogen) atoms. The summed E-state index contributed by atoms with van der Waals surface area (Å²) in [7, 11) is 0. The fourth-order valence-electron chi connectivity index (χ4n) is 0.810. The van der Waals surface area contributed by atoms with E-state index in [2.05, 4.69) is 10.6 Å². The number of nitrogens with one attached hydrogen (secondary N) is 3. The monoisotopic (exact) mass is 201 g/mol. The Morgan fingerprint density at radius 1 is 1.00 bits per heavy atom. The Morgan fingerprint density at radius 3 is 1.50 bits per heavy atom. The molecule has 0 aromatic heterocycles. The highest BCUT2D eigenvalue weighted by atomic mass is 15.2. The molecule has 7 N–H and O–H groups in total. The highest BCUT2D eigenvalue weighted by molar-refractivity contribution is 5.78. The average Bonchev–Trinajstić information content (AvgIpc) is 2.02. The third kappa shape index (κ3) is 5.04. The predicted molar refractivity (Wildman–Crippen MR) is 60.3 cm³/mol. The quantitative estimate of drug-likeness (QED) is 0.315. The van der Waals surface area contributed by atoms with Crippen LogP contribution in [0.1, 0.15) is 27.7 Å². The van der Waals surface area contributed by atoms with Gasteiger partial charge in [-0.3, -0.25) is 5.41 Å². The zero-order valence-corrected chi connectivity index (χ0v) is 9.57. The van der Waals surface area contributed by atoms with Gasteiger partial charge in [-0.2, -0.15) is 0 Å². The number of nitrogens with two attached hydrogens (primary N) is 2. The predicted octanol–water partition coefficient (Wildman–Crippen LogP) is -0.425. The summed E-state index contributed by atoms with van der Waals surface area (Å²) in [6, 6.07) is 0. The van der Waals surface area contributed by atoms with Crippen molar-refractivity contribution in [1.82, 2.24) is 10.6 Å². The lowest BCUT2D eigenvalue weighted by Gasteiger charge is -2.31. The normalized spacial score (nSPS) is 12.4. The van der Waals surface area contributed by atoms with Gasteiger partial charge >= 0.3 is 0 Å². The van der Waals surface area contributed by atoms with E-state index >= 15 is 0 Å². The van der Waals surface area contributed by atoms with Crippen molar-refractivity contribution >= 4 is 5.96 Å². The maximum absolute atomic E-state index is 7.67. The Kier molecular flexibility index (Phi) is 4.35. The fraction of sp³-hybridized carbons (Fsp3) is 0.889. The number of hydrogen-bond acceptors (Lipinski definition) is 3. The van der Waals surface area contributed by atoms with E-state index in [1.165, 1.54) is 0 Å². The Balaban J connectivity index is 4.12. The lowest BCUT2D eigenvalue weighted by Crippen LogP contribution is -2.58. The third-order valence-electron chi connectivity index (χ3n) is 1.95. The zero-order chi connectivity index (χ0) is 11.4. The van der Waals surface area contributed by atoms with Crippen molar-refractivity contribution in [3.8, 4) is 0 Å². The van der Waals surface area contributed by atoms with Gasteiger partial charge in [0.15, 0.2) is 5.96 Å². The van der Waals surface area contributed by atoms with Crippen LogP contribution in [0.3, 0.4) is 0 Å². The summed E-state index contributed by atoms with van der Waals surface area (Å²) in [5, 5.41) is 13.6. The molecule has 0 aromatic carbocycles. The lowest BCUT2D eigenvalue weighted by atomic mass is 10.1. The summed E-state index contributed by atoms with van der Waals surface area (Å²) >= 11 is 0. The van der Waals surface area contributed by atoms with Crippen LogP contribution < -0.4 is 22.1 Å². The van der Waals surface area contributed by atoms with Crippen LogP contribution in [0.4, 0.5) is 0 Å². The molecule has 0 aromatic rings. The van der Waals surface area contributed by atoms with E-state index in [-0.39, 0.29) is 17.0 Å². The second-order valence-corrected chi connectivity index (χ2v) is 4.80. The highest BCUT2D eigenvalue weighted by Crippen LogP contribution is 2.00. The SMILES string of the molecule is CC(C)(CN)NC(=N)NC(C)(C)CN. The van der Waals surface area contributed by atoms with Gasteiger partial charge in [0.25, 0.3) is 0 Å². The molecule has 0 aliphatic heterocycles. The van der Waals surface area contributed by atoms with Gasteiger partial charge in [-0.15, -0.1) is 0 Å². The zero-order valence-electron chi connectivity index (χ0n) is 9.57. The molecule has 0 aliphatic rings. The Labute approximate surface area is 86.1 Å². The molecule has 84 valence electrons. The fourth-order valence-corrected chi connectivity index (χ4v) is 0.810. The topological polar surface area (TPSA) is 99.9 Å². The minimum atomic E-state index is -0.269. The van der Waals surface area contributed by atoms with E-state index in [0.717, 1.165) is 0 Å². The molecule has 0 atom stereocenters. The van der Waals surface area contributed by atoms with E-state index in [1.807, 2.05) is 27.7 Å². The van der Waals surface area contributed by atoms with Crippen molar-refractivity contribution in [2.24, 2.45) is 11.5 Å². The van der Waals surface area contributed by atoms with Crippen LogP contribution in [0.5, 0.6) is 0 Å². The molecule has 0 unspecified atom stereocenters. The number of hydrogen-bond donors (Lipinski definition) is 5. The first-order valence-corrected chi connectivity index (χ1v) is 4.77. The molecule has 5 heteroatoms. The summed E-state index contributed by atoms with van der Waals surface area (Å²) in [5.41, 5.74) is 10.5. The van der Waals surface area contributed by atoms with E-state index in [1.54, 1.807) is 0 Å². The van der Waals surface area contributed by atoms with Crippen LogP contribution in [0.15, 0.2) is 0 Å². The average molecular weight is 201 g/mol. The van der Waals surface area contributed by atoms with Gasteiger partial charge in [0, 0.05) is 24.2 Å². The smallest absolute Gasteiger partial charge is 0.189 e. The molecule has 0 bridgehead atoms. The number of rotatable bonds is 4. The standard InChI is InChI=1S/C9H23N5/c1-8(2,5-10)13-7(12)14-9(3,4)6-11/h5-6,10-11H2,1-4H3,(H3,12,13,14). The van der Waals surface area contributed by atoms with Crippen molar-refractivity contribution < 1.29 is 0 Å². The van der Waals surface area contributed by atoms with Gasteiger partial charge in [-0.05, 0) is 27.7 Å². The van der Waals surface area contributed by atoms with Crippen LogP contribution >= 0.6 is 0 Å². The molecule has 5 nitrogen and oxygen atoms in total. The van der Waals surface area contributed by atoms with Crippen molar-refractivity contribution in [2.45, 2.75) is 38.8 Å². The summed E-state index contributed by atoms with van der Waals surface area (Å²) in [6.45, 7) is 8.72. The second kappa shape index (κ2) is 4.61. The van der Waals surface area contributed by atoms with Crippen molar-refractivity contribution in [1.29, 1.82) is 5.41 Å². The second-order valence-electron chi connectivity index (χ2n) is 4.80. The van der Waals surface area contributed by atoms with Gasteiger partial charge in [0.1, 0.15) is 0 Å². The first-order chi connectivity index (χ1) is 6.22. The van der Waals surface area contributed by atoms with Crippen molar-refractivity contribution in [3.63, 3.8) is 0 Å².